The van der Waals surface area contributed by atoms with Crippen molar-refractivity contribution in [2.75, 3.05) is 13.7 Å². The lowest BCUT2D eigenvalue weighted by Gasteiger charge is -2.19. The van der Waals surface area contributed by atoms with E-state index in [1.54, 1.807) is 0 Å². The first-order valence-corrected chi connectivity index (χ1v) is 6.68. The van der Waals surface area contributed by atoms with Crippen molar-refractivity contribution in [1.29, 1.82) is 0 Å². The summed E-state index contributed by atoms with van der Waals surface area (Å²) in [5.41, 5.74) is 0. The van der Waals surface area contributed by atoms with Gasteiger partial charge in [-0.05, 0) is 12.8 Å². The van der Waals surface area contributed by atoms with Gasteiger partial charge in [0, 0.05) is 5.92 Å². The molecule has 1 fully saturated rings. The highest BCUT2D eigenvalue weighted by Gasteiger charge is 2.21. The fraction of sp³-hybridized carbons (Fsp3) is 0.846. The highest BCUT2D eigenvalue weighted by atomic mass is 16.5. The van der Waals surface area contributed by atoms with Crippen molar-refractivity contribution in [3.63, 3.8) is 0 Å². The third-order valence-corrected chi connectivity index (χ3v) is 3.42. The lowest BCUT2D eigenvalue weighted by molar-refractivity contribution is -0.150. The molecule has 5 heteroatoms. The average Bonchev–Trinajstić information content (AvgIpc) is 2.34. The summed E-state index contributed by atoms with van der Waals surface area (Å²) in [7, 11) is 1.21. The predicted octanol–water partition coefficient (Wildman–Crippen LogP) is 0.997. The number of rotatable bonds is 4. The average molecular weight is 257 g/mol. The van der Waals surface area contributed by atoms with Gasteiger partial charge in [-0.2, -0.15) is 0 Å². The van der Waals surface area contributed by atoms with Crippen LogP contribution in [-0.4, -0.2) is 36.7 Å². The van der Waals surface area contributed by atoms with E-state index in [0.29, 0.717) is 0 Å². The molecular weight excluding hydrogens is 234 g/mol. The first-order chi connectivity index (χ1) is 8.65. The van der Waals surface area contributed by atoms with Crippen LogP contribution in [0.2, 0.25) is 0 Å². The number of ether oxygens (including phenoxy) is 1. The molecule has 0 radical (unpaired) electrons. The van der Waals surface area contributed by atoms with E-state index in [0.717, 1.165) is 25.7 Å². The van der Waals surface area contributed by atoms with Crippen molar-refractivity contribution in [2.24, 2.45) is 5.92 Å². The third kappa shape index (κ3) is 5.04. The maximum Gasteiger partial charge on any atom is 0.336 e. The van der Waals surface area contributed by atoms with Crippen molar-refractivity contribution >= 4 is 11.9 Å². The summed E-state index contributed by atoms with van der Waals surface area (Å²) in [4.78, 5) is 22.9. The van der Waals surface area contributed by atoms with Crippen molar-refractivity contribution in [3.05, 3.63) is 0 Å². The Morgan fingerprint density at radius 2 is 1.78 bits per heavy atom. The molecule has 0 aliphatic heterocycles. The monoisotopic (exact) mass is 257 g/mol. The molecule has 0 aromatic rings. The minimum Gasteiger partial charge on any atom is -0.467 e. The van der Waals surface area contributed by atoms with Crippen LogP contribution in [0.5, 0.6) is 0 Å². The first-order valence-electron chi connectivity index (χ1n) is 6.68. The molecule has 1 rings (SSSR count). The van der Waals surface area contributed by atoms with E-state index in [9.17, 15) is 14.7 Å². The quantitative estimate of drug-likeness (QED) is 0.737. The number of nitrogens with one attached hydrogen (secondary N) is 1. The summed E-state index contributed by atoms with van der Waals surface area (Å²) in [5.74, 6) is -0.747. The van der Waals surface area contributed by atoms with Crippen LogP contribution in [0.25, 0.3) is 0 Å². The van der Waals surface area contributed by atoms with Crippen LogP contribution in [0, 0.1) is 5.92 Å². The Balaban J connectivity index is 2.32. The number of hydrogen-bond acceptors (Lipinski definition) is 4. The molecule has 0 heterocycles. The Labute approximate surface area is 108 Å². The minimum absolute atomic E-state index is 0.0233. The number of hydrogen-bond donors (Lipinski definition) is 2. The van der Waals surface area contributed by atoms with Crippen LogP contribution in [-0.2, 0) is 14.3 Å². The number of amides is 1. The van der Waals surface area contributed by atoms with E-state index in [2.05, 4.69) is 10.1 Å². The summed E-state index contributed by atoms with van der Waals surface area (Å²) in [5, 5.41) is 12.0. The van der Waals surface area contributed by atoms with Crippen molar-refractivity contribution in [1.82, 2.24) is 5.32 Å². The second-order valence-electron chi connectivity index (χ2n) is 4.83. The Hall–Kier alpha value is -1.10. The SMILES string of the molecule is COC(=O)C(O)CNC(=O)C1CCCCCCC1. The van der Waals surface area contributed by atoms with Crippen LogP contribution in [0.3, 0.4) is 0 Å². The van der Waals surface area contributed by atoms with Gasteiger partial charge in [0.1, 0.15) is 0 Å². The predicted molar refractivity (Wildman–Crippen MR) is 66.8 cm³/mol. The van der Waals surface area contributed by atoms with E-state index in [1.807, 2.05) is 0 Å². The van der Waals surface area contributed by atoms with Crippen LogP contribution >= 0.6 is 0 Å². The molecule has 1 saturated carbocycles. The Bertz CT molecular complexity index is 272. The molecule has 0 aromatic carbocycles. The molecule has 104 valence electrons. The second-order valence-corrected chi connectivity index (χ2v) is 4.83. The van der Waals surface area contributed by atoms with Gasteiger partial charge in [-0.3, -0.25) is 4.79 Å². The molecule has 18 heavy (non-hydrogen) atoms. The highest BCUT2D eigenvalue weighted by Crippen LogP contribution is 2.22. The smallest absolute Gasteiger partial charge is 0.336 e. The molecule has 2 N–H and O–H groups in total. The lowest BCUT2D eigenvalue weighted by Crippen LogP contribution is -2.40. The molecule has 1 aliphatic carbocycles. The molecule has 0 saturated heterocycles. The van der Waals surface area contributed by atoms with Gasteiger partial charge in [0.25, 0.3) is 0 Å². The van der Waals surface area contributed by atoms with Gasteiger partial charge < -0.3 is 15.2 Å². The van der Waals surface area contributed by atoms with Gasteiger partial charge in [0.05, 0.1) is 13.7 Å². The largest absolute Gasteiger partial charge is 0.467 e. The van der Waals surface area contributed by atoms with E-state index in [-0.39, 0.29) is 18.4 Å². The molecule has 1 aliphatic rings. The van der Waals surface area contributed by atoms with Crippen LogP contribution in [0.15, 0.2) is 0 Å². The molecule has 1 unspecified atom stereocenters. The second kappa shape index (κ2) is 8.08. The van der Waals surface area contributed by atoms with Gasteiger partial charge in [-0.1, -0.05) is 32.1 Å². The summed E-state index contributed by atoms with van der Waals surface area (Å²) in [6.45, 7) is -0.0675. The number of methoxy groups -OCH3 is 1. The van der Waals surface area contributed by atoms with Crippen molar-refractivity contribution in [3.8, 4) is 0 Å². The summed E-state index contributed by atoms with van der Waals surface area (Å²) >= 11 is 0. The van der Waals surface area contributed by atoms with E-state index >= 15 is 0 Å². The number of aliphatic hydroxyl groups is 1. The standard InChI is InChI=1S/C13H23NO4/c1-18-13(17)11(15)9-14-12(16)10-7-5-3-2-4-6-8-10/h10-11,15H,2-9H2,1H3,(H,14,16). The first kappa shape index (κ1) is 15.0. The Morgan fingerprint density at radius 1 is 1.22 bits per heavy atom. The lowest BCUT2D eigenvalue weighted by atomic mass is 9.90. The molecule has 5 nitrogen and oxygen atoms in total. The molecular formula is C13H23NO4. The Morgan fingerprint density at radius 3 is 2.33 bits per heavy atom. The number of aliphatic hydroxyl groups excluding tert-OH is 1. The fourth-order valence-electron chi connectivity index (χ4n) is 2.28. The fourth-order valence-corrected chi connectivity index (χ4v) is 2.28. The molecule has 0 bridgehead atoms. The normalized spacial score (nSPS) is 19.4. The molecule has 1 amide bonds. The number of esters is 1. The van der Waals surface area contributed by atoms with Crippen LogP contribution < -0.4 is 5.32 Å². The van der Waals surface area contributed by atoms with E-state index < -0.39 is 12.1 Å². The van der Waals surface area contributed by atoms with Gasteiger partial charge in [0.2, 0.25) is 5.91 Å². The van der Waals surface area contributed by atoms with Gasteiger partial charge >= 0.3 is 5.97 Å². The van der Waals surface area contributed by atoms with Gasteiger partial charge in [-0.15, -0.1) is 0 Å². The highest BCUT2D eigenvalue weighted by molar-refractivity contribution is 5.80. The molecule has 1 atom stereocenters. The molecule has 0 spiro atoms. The van der Waals surface area contributed by atoms with Gasteiger partial charge in [0.15, 0.2) is 6.10 Å². The zero-order chi connectivity index (χ0) is 13.4. The summed E-state index contributed by atoms with van der Waals surface area (Å²) in [6, 6.07) is 0. The summed E-state index contributed by atoms with van der Waals surface area (Å²) < 4.78 is 4.39. The van der Waals surface area contributed by atoms with E-state index in [1.165, 1.54) is 26.4 Å². The van der Waals surface area contributed by atoms with Gasteiger partial charge in [-0.25, -0.2) is 4.79 Å². The van der Waals surface area contributed by atoms with Crippen LogP contribution in [0.4, 0.5) is 0 Å². The zero-order valence-electron chi connectivity index (χ0n) is 11.0. The van der Waals surface area contributed by atoms with Crippen LogP contribution in [0.1, 0.15) is 44.9 Å². The third-order valence-electron chi connectivity index (χ3n) is 3.42. The zero-order valence-corrected chi connectivity index (χ0v) is 11.0. The molecule has 0 aromatic heterocycles. The van der Waals surface area contributed by atoms with Crippen molar-refractivity contribution in [2.45, 2.75) is 51.0 Å². The number of carbonyl (C=O) groups excluding carboxylic acids is 2. The maximum atomic E-state index is 11.9. The Kier molecular flexibility index (Phi) is 6.72. The minimum atomic E-state index is -1.27. The van der Waals surface area contributed by atoms with Crippen molar-refractivity contribution < 1.29 is 19.4 Å². The topological polar surface area (TPSA) is 75.6 Å². The summed E-state index contributed by atoms with van der Waals surface area (Å²) in [6.07, 6.45) is 6.33. The number of carbonyl (C=O) groups is 2. The van der Waals surface area contributed by atoms with E-state index in [4.69, 9.17) is 0 Å². The maximum absolute atomic E-state index is 11.9.